The molecule has 0 aliphatic carbocycles. The zero-order valence-corrected chi connectivity index (χ0v) is 18.4. The van der Waals surface area contributed by atoms with Crippen LogP contribution in [0.5, 0.6) is 0 Å². The highest BCUT2D eigenvalue weighted by Gasteiger charge is 2.31. The van der Waals surface area contributed by atoms with E-state index in [0.717, 1.165) is 63.2 Å². The van der Waals surface area contributed by atoms with E-state index in [1.165, 1.54) is 16.8 Å². The molecule has 0 atom stereocenters. The summed E-state index contributed by atoms with van der Waals surface area (Å²) in [5.41, 5.74) is 5.67. The van der Waals surface area contributed by atoms with Gasteiger partial charge in [0.25, 0.3) is 6.01 Å². The highest BCUT2D eigenvalue weighted by Crippen LogP contribution is 2.28. The fourth-order valence-electron chi connectivity index (χ4n) is 4.82. The molecule has 0 unspecified atom stereocenters. The Labute approximate surface area is 183 Å². The first-order valence-electron chi connectivity index (χ1n) is 11.3. The van der Waals surface area contributed by atoms with Crippen LogP contribution >= 0.6 is 0 Å². The number of hydrogen-bond acceptors (Lipinski definition) is 5. The first-order chi connectivity index (χ1) is 15.1. The molecule has 6 nitrogen and oxygen atoms in total. The van der Waals surface area contributed by atoms with Crippen LogP contribution in [-0.2, 0) is 4.79 Å². The standard InChI is InChI=1S/C25H30N4O2/c1-18-6-5-8-22(19(18)2)27-14-16-28(17-15-27)24(30)20-10-12-29(13-11-20)25-26-21-7-3-4-9-23(21)31-25/h3-9,20H,10-17H2,1-2H3. The third-order valence-corrected chi connectivity index (χ3v) is 6.91. The summed E-state index contributed by atoms with van der Waals surface area (Å²) in [5, 5.41) is 0. The number of para-hydroxylation sites is 2. The van der Waals surface area contributed by atoms with Gasteiger partial charge in [-0.1, -0.05) is 24.3 Å². The molecule has 0 N–H and O–H groups in total. The third-order valence-electron chi connectivity index (χ3n) is 6.91. The summed E-state index contributed by atoms with van der Waals surface area (Å²) in [5.74, 6) is 0.422. The SMILES string of the molecule is Cc1cccc(N2CCN(C(=O)C3CCN(c4nc5ccccc5o4)CC3)CC2)c1C. The van der Waals surface area contributed by atoms with Crippen molar-refractivity contribution in [2.75, 3.05) is 49.1 Å². The van der Waals surface area contributed by atoms with E-state index >= 15 is 0 Å². The van der Waals surface area contributed by atoms with Crippen molar-refractivity contribution < 1.29 is 9.21 Å². The molecule has 0 radical (unpaired) electrons. The molecule has 6 heteroatoms. The normalized spacial score (nSPS) is 18.1. The van der Waals surface area contributed by atoms with Crippen LogP contribution in [0.25, 0.3) is 11.1 Å². The van der Waals surface area contributed by atoms with Crippen molar-refractivity contribution >= 4 is 28.7 Å². The Morgan fingerprint density at radius 2 is 1.65 bits per heavy atom. The van der Waals surface area contributed by atoms with Gasteiger partial charge in [-0.25, -0.2) is 0 Å². The Kier molecular flexibility index (Phi) is 5.30. The molecule has 1 amide bonds. The Balaban J connectivity index is 1.16. The number of benzene rings is 2. The van der Waals surface area contributed by atoms with Gasteiger partial charge in [0.15, 0.2) is 5.58 Å². The highest BCUT2D eigenvalue weighted by atomic mass is 16.4. The number of anilines is 2. The van der Waals surface area contributed by atoms with E-state index in [2.05, 4.69) is 51.7 Å². The molecular formula is C25H30N4O2. The topological polar surface area (TPSA) is 52.8 Å². The van der Waals surface area contributed by atoms with E-state index in [1.807, 2.05) is 24.3 Å². The molecule has 0 bridgehead atoms. The maximum absolute atomic E-state index is 13.2. The van der Waals surface area contributed by atoms with Crippen LogP contribution in [0.3, 0.4) is 0 Å². The van der Waals surface area contributed by atoms with Crippen LogP contribution in [0, 0.1) is 19.8 Å². The second-order valence-corrected chi connectivity index (χ2v) is 8.76. The molecule has 3 aromatic rings. The lowest BCUT2D eigenvalue weighted by atomic mass is 9.95. The zero-order chi connectivity index (χ0) is 21.4. The molecule has 162 valence electrons. The van der Waals surface area contributed by atoms with Gasteiger partial charge in [0.05, 0.1) is 0 Å². The fourth-order valence-corrected chi connectivity index (χ4v) is 4.82. The number of carbonyl (C=O) groups excluding carboxylic acids is 1. The maximum atomic E-state index is 13.2. The maximum Gasteiger partial charge on any atom is 0.298 e. The van der Waals surface area contributed by atoms with E-state index in [1.54, 1.807) is 0 Å². The van der Waals surface area contributed by atoms with Gasteiger partial charge in [-0.3, -0.25) is 4.79 Å². The molecule has 1 aromatic heterocycles. The van der Waals surface area contributed by atoms with Crippen LogP contribution in [0.1, 0.15) is 24.0 Å². The van der Waals surface area contributed by atoms with Gasteiger partial charge in [0, 0.05) is 50.9 Å². The van der Waals surface area contributed by atoms with Crippen LogP contribution < -0.4 is 9.80 Å². The average Bonchev–Trinajstić information content (AvgIpc) is 3.25. The second-order valence-electron chi connectivity index (χ2n) is 8.76. The van der Waals surface area contributed by atoms with Crippen LogP contribution in [0.15, 0.2) is 46.9 Å². The third kappa shape index (κ3) is 3.87. The van der Waals surface area contributed by atoms with Crippen molar-refractivity contribution in [3.63, 3.8) is 0 Å². The quantitative estimate of drug-likeness (QED) is 0.643. The monoisotopic (exact) mass is 418 g/mol. The zero-order valence-electron chi connectivity index (χ0n) is 18.4. The van der Waals surface area contributed by atoms with Gasteiger partial charge >= 0.3 is 0 Å². The average molecular weight is 419 g/mol. The fraction of sp³-hybridized carbons (Fsp3) is 0.440. The lowest BCUT2D eigenvalue weighted by molar-refractivity contribution is -0.136. The first kappa shape index (κ1) is 19.9. The molecule has 2 aliphatic rings. The van der Waals surface area contributed by atoms with E-state index in [9.17, 15) is 4.79 Å². The van der Waals surface area contributed by atoms with Crippen molar-refractivity contribution in [1.29, 1.82) is 0 Å². The number of oxazole rings is 1. The van der Waals surface area contributed by atoms with Gasteiger partial charge in [0.2, 0.25) is 5.91 Å². The van der Waals surface area contributed by atoms with E-state index in [0.29, 0.717) is 11.9 Å². The molecule has 2 aromatic carbocycles. The number of piperidine rings is 1. The number of nitrogens with zero attached hydrogens (tertiary/aromatic N) is 4. The molecule has 2 aliphatic heterocycles. The summed E-state index contributed by atoms with van der Waals surface area (Å²) in [6.07, 6.45) is 1.71. The van der Waals surface area contributed by atoms with Crippen LogP contribution in [-0.4, -0.2) is 55.1 Å². The number of amides is 1. The molecule has 0 saturated carbocycles. The predicted molar refractivity (Wildman–Crippen MR) is 124 cm³/mol. The minimum absolute atomic E-state index is 0.105. The summed E-state index contributed by atoms with van der Waals surface area (Å²) < 4.78 is 5.91. The minimum atomic E-state index is 0.105. The van der Waals surface area contributed by atoms with Crippen LogP contribution in [0.4, 0.5) is 11.7 Å². The van der Waals surface area contributed by atoms with Crippen molar-refractivity contribution in [2.24, 2.45) is 5.92 Å². The van der Waals surface area contributed by atoms with Gasteiger partial charge in [0.1, 0.15) is 5.52 Å². The number of fused-ring (bicyclic) bond motifs is 1. The summed E-state index contributed by atoms with van der Waals surface area (Å²) in [4.78, 5) is 24.4. The Hall–Kier alpha value is -3.02. The van der Waals surface area contributed by atoms with Crippen molar-refractivity contribution in [3.05, 3.63) is 53.6 Å². The molecule has 31 heavy (non-hydrogen) atoms. The number of hydrogen-bond donors (Lipinski definition) is 0. The van der Waals surface area contributed by atoms with E-state index in [4.69, 9.17) is 4.42 Å². The minimum Gasteiger partial charge on any atom is -0.423 e. The van der Waals surface area contributed by atoms with Gasteiger partial charge in [-0.05, 0) is 56.0 Å². The number of piperazine rings is 1. The molecular weight excluding hydrogens is 388 g/mol. The van der Waals surface area contributed by atoms with Crippen molar-refractivity contribution in [2.45, 2.75) is 26.7 Å². The second kappa shape index (κ2) is 8.25. The van der Waals surface area contributed by atoms with E-state index in [-0.39, 0.29) is 5.92 Å². The van der Waals surface area contributed by atoms with E-state index < -0.39 is 0 Å². The molecule has 5 rings (SSSR count). The van der Waals surface area contributed by atoms with Crippen molar-refractivity contribution in [3.8, 4) is 0 Å². The largest absolute Gasteiger partial charge is 0.423 e. The summed E-state index contributed by atoms with van der Waals surface area (Å²) >= 11 is 0. The smallest absolute Gasteiger partial charge is 0.298 e. The Morgan fingerprint density at radius 1 is 0.903 bits per heavy atom. The summed E-state index contributed by atoms with van der Waals surface area (Å²) in [6.45, 7) is 9.38. The highest BCUT2D eigenvalue weighted by molar-refractivity contribution is 5.80. The van der Waals surface area contributed by atoms with Gasteiger partial charge in [-0.15, -0.1) is 0 Å². The lowest BCUT2D eigenvalue weighted by Gasteiger charge is -2.39. The molecule has 2 saturated heterocycles. The molecule has 0 spiro atoms. The summed E-state index contributed by atoms with van der Waals surface area (Å²) in [7, 11) is 0. The number of rotatable bonds is 3. The Bertz CT molecular complexity index is 1040. The molecule has 2 fully saturated rings. The number of aromatic nitrogens is 1. The Morgan fingerprint density at radius 3 is 2.39 bits per heavy atom. The van der Waals surface area contributed by atoms with Gasteiger partial charge in [-0.2, -0.15) is 4.98 Å². The van der Waals surface area contributed by atoms with Crippen molar-refractivity contribution in [1.82, 2.24) is 9.88 Å². The molecule has 3 heterocycles. The van der Waals surface area contributed by atoms with Gasteiger partial charge < -0.3 is 19.1 Å². The number of aryl methyl sites for hydroxylation is 1. The van der Waals surface area contributed by atoms with Crippen LogP contribution in [0.2, 0.25) is 0 Å². The summed E-state index contributed by atoms with van der Waals surface area (Å²) in [6, 6.07) is 15.0. The first-order valence-corrected chi connectivity index (χ1v) is 11.3. The predicted octanol–water partition coefficient (Wildman–Crippen LogP) is 4.01. The lowest BCUT2D eigenvalue weighted by Crippen LogP contribution is -2.52. The number of carbonyl (C=O) groups is 1.